The predicted molar refractivity (Wildman–Crippen MR) is 139 cm³/mol. The highest BCUT2D eigenvalue weighted by Crippen LogP contribution is 2.37. The number of ether oxygens (including phenoxy) is 2. The van der Waals surface area contributed by atoms with Gasteiger partial charge < -0.3 is 19.7 Å². The molecule has 36 heavy (non-hydrogen) atoms. The van der Waals surface area contributed by atoms with Crippen LogP contribution in [-0.4, -0.2) is 35.4 Å². The normalized spacial score (nSPS) is 10.9. The van der Waals surface area contributed by atoms with E-state index in [2.05, 4.69) is 26.5 Å². The van der Waals surface area contributed by atoms with Crippen molar-refractivity contribution in [1.82, 2.24) is 5.43 Å². The van der Waals surface area contributed by atoms with Gasteiger partial charge in [-0.25, -0.2) is 10.2 Å². The van der Waals surface area contributed by atoms with Crippen molar-refractivity contribution in [3.63, 3.8) is 0 Å². The molecule has 4 aromatic rings. The Morgan fingerprint density at radius 3 is 2.39 bits per heavy atom. The van der Waals surface area contributed by atoms with Crippen LogP contribution in [-0.2, 0) is 6.61 Å². The van der Waals surface area contributed by atoms with Crippen LogP contribution in [0.1, 0.15) is 31.8 Å². The number of carboxylic acids is 1. The number of carbonyl (C=O) groups is 2. The number of carboxylic acid groups (broad SMARTS) is 1. The second kappa shape index (κ2) is 10.9. The summed E-state index contributed by atoms with van der Waals surface area (Å²) in [5.74, 6) is -0.776. The first-order chi connectivity index (χ1) is 17.4. The molecule has 0 aliphatic heterocycles. The number of rotatable bonds is 8. The minimum Gasteiger partial charge on any atom is -0.507 e. The fraction of sp³-hybridized carbons (Fsp3) is 0.0741. The van der Waals surface area contributed by atoms with E-state index in [1.165, 1.54) is 31.5 Å². The standard InChI is InChI=1S/C27H21BrN2O6/c1-35-24-11-17(10-22(28)25(24)36-15-16-6-8-18(9-7-16)27(33)34)14-29-30-26(32)21-12-19-4-2-3-5-20(19)13-23(21)31/h2-14,31H,15H2,1H3,(H,30,32)(H,33,34). The van der Waals surface area contributed by atoms with Crippen LogP contribution in [0.4, 0.5) is 0 Å². The largest absolute Gasteiger partial charge is 0.507 e. The molecule has 0 fully saturated rings. The van der Waals surface area contributed by atoms with Gasteiger partial charge in [-0.2, -0.15) is 5.10 Å². The second-order valence-corrected chi connectivity index (χ2v) is 8.59. The topological polar surface area (TPSA) is 117 Å². The molecule has 0 atom stereocenters. The molecule has 4 rings (SSSR count). The summed E-state index contributed by atoms with van der Waals surface area (Å²) in [6, 6.07) is 20.4. The van der Waals surface area contributed by atoms with Crippen molar-refractivity contribution in [1.29, 1.82) is 0 Å². The van der Waals surface area contributed by atoms with E-state index < -0.39 is 11.9 Å². The van der Waals surface area contributed by atoms with Crippen molar-refractivity contribution in [3.8, 4) is 17.2 Å². The molecule has 0 saturated carbocycles. The van der Waals surface area contributed by atoms with Gasteiger partial charge in [0.2, 0.25) is 0 Å². The van der Waals surface area contributed by atoms with Crippen molar-refractivity contribution in [3.05, 3.63) is 99.5 Å². The summed E-state index contributed by atoms with van der Waals surface area (Å²) in [4.78, 5) is 23.5. The predicted octanol–water partition coefficient (Wildman–Crippen LogP) is 5.36. The number of methoxy groups -OCH3 is 1. The number of benzene rings is 4. The van der Waals surface area contributed by atoms with Crippen LogP contribution >= 0.6 is 15.9 Å². The number of nitrogens with zero attached hydrogens (tertiary/aromatic N) is 1. The van der Waals surface area contributed by atoms with Gasteiger partial charge in [0.15, 0.2) is 11.5 Å². The summed E-state index contributed by atoms with van der Waals surface area (Å²) in [7, 11) is 1.50. The lowest BCUT2D eigenvalue weighted by Crippen LogP contribution is -2.17. The van der Waals surface area contributed by atoms with Gasteiger partial charge in [-0.3, -0.25) is 4.79 Å². The molecule has 0 aromatic heterocycles. The van der Waals surface area contributed by atoms with Crippen LogP contribution in [0, 0.1) is 0 Å². The molecule has 0 unspecified atom stereocenters. The molecule has 1 amide bonds. The molecular weight excluding hydrogens is 528 g/mol. The smallest absolute Gasteiger partial charge is 0.335 e. The molecule has 0 aliphatic rings. The highest BCUT2D eigenvalue weighted by atomic mass is 79.9. The lowest BCUT2D eigenvalue weighted by atomic mass is 10.1. The molecule has 0 bridgehead atoms. The minimum absolute atomic E-state index is 0.116. The third-order valence-corrected chi connectivity index (χ3v) is 5.91. The van der Waals surface area contributed by atoms with Gasteiger partial charge in [-0.05, 0) is 74.2 Å². The first-order valence-electron chi connectivity index (χ1n) is 10.7. The molecule has 182 valence electrons. The highest BCUT2D eigenvalue weighted by molar-refractivity contribution is 9.10. The maximum Gasteiger partial charge on any atom is 0.335 e. The Morgan fingerprint density at radius 1 is 1.03 bits per heavy atom. The van der Waals surface area contributed by atoms with Crippen LogP contribution < -0.4 is 14.9 Å². The number of amides is 1. The molecule has 0 heterocycles. The van der Waals surface area contributed by atoms with Gasteiger partial charge in [0, 0.05) is 0 Å². The van der Waals surface area contributed by atoms with Gasteiger partial charge in [0.05, 0.1) is 28.9 Å². The fourth-order valence-corrected chi connectivity index (χ4v) is 4.06. The number of hydrazone groups is 1. The first kappa shape index (κ1) is 24.7. The number of halogens is 1. The minimum atomic E-state index is -0.991. The molecule has 9 heteroatoms. The molecule has 4 aromatic carbocycles. The van der Waals surface area contributed by atoms with Gasteiger partial charge in [-0.15, -0.1) is 0 Å². The number of aromatic carboxylic acids is 1. The molecule has 0 radical (unpaired) electrons. The Hall–Kier alpha value is -4.37. The Labute approximate surface area is 214 Å². The lowest BCUT2D eigenvalue weighted by Gasteiger charge is -2.13. The number of carbonyl (C=O) groups excluding carboxylic acids is 1. The van der Waals surface area contributed by atoms with Crippen LogP contribution in [0.25, 0.3) is 10.8 Å². The molecule has 0 saturated heterocycles. The average Bonchev–Trinajstić information content (AvgIpc) is 2.87. The zero-order valence-corrected chi connectivity index (χ0v) is 20.7. The van der Waals surface area contributed by atoms with E-state index >= 15 is 0 Å². The number of phenols is 1. The number of nitrogens with one attached hydrogen (secondary N) is 1. The van der Waals surface area contributed by atoms with Crippen molar-refractivity contribution in [2.75, 3.05) is 7.11 Å². The first-order valence-corrected chi connectivity index (χ1v) is 11.5. The molecule has 3 N–H and O–H groups in total. The SMILES string of the molecule is COc1cc(C=NNC(=O)c2cc3ccccc3cc2O)cc(Br)c1OCc1ccc(C(=O)O)cc1. The summed E-state index contributed by atoms with van der Waals surface area (Å²) in [5, 5.41) is 24.9. The van der Waals surface area contributed by atoms with Gasteiger partial charge in [-0.1, -0.05) is 36.4 Å². The Morgan fingerprint density at radius 2 is 1.72 bits per heavy atom. The third-order valence-electron chi connectivity index (χ3n) is 5.32. The number of aromatic hydroxyl groups is 1. The monoisotopic (exact) mass is 548 g/mol. The fourth-order valence-electron chi connectivity index (χ4n) is 3.49. The maximum absolute atomic E-state index is 12.6. The molecule has 8 nitrogen and oxygen atoms in total. The van der Waals surface area contributed by atoms with Crippen LogP contribution in [0.15, 0.2) is 82.4 Å². The Kier molecular flexibility index (Phi) is 7.50. The van der Waals surface area contributed by atoms with Crippen molar-refractivity contribution in [2.45, 2.75) is 6.61 Å². The Balaban J connectivity index is 1.45. The van der Waals surface area contributed by atoms with Gasteiger partial charge >= 0.3 is 5.97 Å². The van der Waals surface area contributed by atoms with Crippen molar-refractivity contribution >= 4 is 44.8 Å². The van der Waals surface area contributed by atoms with E-state index in [1.54, 1.807) is 30.3 Å². The zero-order chi connectivity index (χ0) is 25.7. The zero-order valence-electron chi connectivity index (χ0n) is 19.1. The summed E-state index contributed by atoms with van der Waals surface area (Å²) < 4.78 is 11.9. The molecule has 0 aliphatic carbocycles. The van der Waals surface area contributed by atoms with E-state index in [0.29, 0.717) is 21.5 Å². The van der Waals surface area contributed by atoms with E-state index in [9.17, 15) is 14.7 Å². The summed E-state index contributed by atoms with van der Waals surface area (Å²) in [6.45, 7) is 0.202. The van der Waals surface area contributed by atoms with Gasteiger partial charge in [0.1, 0.15) is 12.4 Å². The number of hydrogen-bond acceptors (Lipinski definition) is 6. The van der Waals surface area contributed by atoms with E-state index in [-0.39, 0.29) is 23.5 Å². The lowest BCUT2D eigenvalue weighted by molar-refractivity contribution is 0.0696. The number of hydrogen-bond donors (Lipinski definition) is 3. The maximum atomic E-state index is 12.6. The van der Waals surface area contributed by atoms with E-state index in [1.807, 2.05) is 24.3 Å². The van der Waals surface area contributed by atoms with Crippen molar-refractivity contribution < 1.29 is 29.3 Å². The summed E-state index contributed by atoms with van der Waals surface area (Å²) >= 11 is 3.47. The highest BCUT2D eigenvalue weighted by Gasteiger charge is 2.14. The van der Waals surface area contributed by atoms with Crippen LogP contribution in [0.3, 0.4) is 0 Å². The number of phenolic OH excluding ortho intramolecular Hbond substituents is 1. The summed E-state index contributed by atoms with van der Waals surface area (Å²) in [6.07, 6.45) is 1.44. The van der Waals surface area contributed by atoms with Gasteiger partial charge in [0.25, 0.3) is 5.91 Å². The summed E-state index contributed by atoms with van der Waals surface area (Å²) in [5.41, 5.74) is 4.15. The molecular formula is C27H21BrN2O6. The third kappa shape index (κ3) is 5.64. The van der Waals surface area contributed by atoms with Crippen LogP contribution in [0.5, 0.6) is 17.2 Å². The second-order valence-electron chi connectivity index (χ2n) is 7.74. The van der Waals surface area contributed by atoms with E-state index in [4.69, 9.17) is 14.6 Å². The van der Waals surface area contributed by atoms with Crippen molar-refractivity contribution in [2.24, 2.45) is 5.10 Å². The number of fused-ring (bicyclic) bond motifs is 1. The quantitative estimate of drug-likeness (QED) is 0.201. The molecule has 0 spiro atoms. The Bertz CT molecular complexity index is 1470. The average molecular weight is 549 g/mol. The van der Waals surface area contributed by atoms with Crippen LogP contribution in [0.2, 0.25) is 0 Å². The van der Waals surface area contributed by atoms with E-state index in [0.717, 1.165) is 16.3 Å².